The molecule has 1 atom stereocenters. The summed E-state index contributed by atoms with van der Waals surface area (Å²) in [4.78, 5) is 0. The minimum absolute atomic E-state index is 0.179. The second-order valence-electron chi connectivity index (χ2n) is 4.01. The first-order valence-corrected chi connectivity index (χ1v) is 6.80. The van der Waals surface area contributed by atoms with Gasteiger partial charge in [0.2, 0.25) is 0 Å². The van der Waals surface area contributed by atoms with Crippen molar-refractivity contribution in [1.29, 1.82) is 0 Å². The molecule has 0 aliphatic carbocycles. The van der Waals surface area contributed by atoms with Crippen LogP contribution in [0, 0.1) is 0 Å². The molecule has 1 aromatic heterocycles. The Bertz CT molecular complexity index is 500. The second kappa shape index (κ2) is 3.89. The maximum absolute atomic E-state index is 11.6. The molecular formula is C9H14N4O2S. The van der Waals surface area contributed by atoms with Crippen molar-refractivity contribution in [3.8, 4) is 0 Å². The van der Waals surface area contributed by atoms with Gasteiger partial charge in [-0.15, -0.1) is 5.10 Å². The average molecular weight is 242 g/mol. The van der Waals surface area contributed by atoms with E-state index in [0.717, 1.165) is 6.42 Å². The highest BCUT2D eigenvalue weighted by molar-refractivity contribution is 7.92. The molecule has 1 aromatic rings. The summed E-state index contributed by atoms with van der Waals surface area (Å²) in [5.74, 6) is 0.452. The van der Waals surface area contributed by atoms with Gasteiger partial charge in [-0.3, -0.25) is 0 Å². The van der Waals surface area contributed by atoms with Crippen molar-refractivity contribution >= 4 is 21.3 Å². The van der Waals surface area contributed by atoms with Crippen LogP contribution in [-0.2, 0) is 16.3 Å². The van der Waals surface area contributed by atoms with Gasteiger partial charge in [0, 0.05) is 6.42 Å². The van der Waals surface area contributed by atoms with Crippen LogP contribution in [0.4, 0.5) is 11.5 Å². The number of aromatic nitrogens is 2. The number of hydrogen-bond acceptors (Lipinski definition) is 6. The lowest BCUT2D eigenvalue weighted by Gasteiger charge is -2.08. The fourth-order valence-corrected chi connectivity index (χ4v) is 3.73. The zero-order valence-electron chi connectivity index (χ0n) is 8.76. The van der Waals surface area contributed by atoms with E-state index in [0.29, 0.717) is 24.2 Å². The Balaban J connectivity index is 2.18. The maximum Gasteiger partial charge on any atom is 0.169 e. The summed E-state index contributed by atoms with van der Waals surface area (Å²) >= 11 is 0. The molecule has 1 aliphatic rings. The third kappa shape index (κ3) is 2.08. The van der Waals surface area contributed by atoms with E-state index in [1.165, 1.54) is 0 Å². The lowest BCUT2D eigenvalue weighted by atomic mass is 10.1. The van der Waals surface area contributed by atoms with Gasteiger partial charge in [-0.2, -0.15) is 5.10 Å². The summed E-state index contributed by atoms with van der Waals surface area (Å²) < 4.78 is 23.2. The van der Waals surface area contributed by atoms with Crippen LogP contribution in [0.2, 0.25) is 0 Å². The number of nitrogen functional groups attached to an aromatic ring is 2. The number of anilines is 2. The smallest absolute Gasteiger partial charge is 0.169 e. The predicted octanol–water partition coefficient (Wildman–Crippen LogP) is -0.239. The second-order valence-corrected chi connectivity index (χ2v) is 6.41. The Kier molecular flexibility index (Phi) is 2.71. The monoisotopic (exact) mass is 242 g/mol. The largest absolute Gasteiger partial charge is 0.396 e. The van der Waals surface area contributed by atoms with E-state index in [9.17, 15) is 8.42 Å². The normalized spacial score (nSPS) is 23.4. The van der Waals surface area contributed by atoms with Gasteiger partial charge in [0.25, 0.3) is 0 Å². The van der Waals surface area contributed by atoms with Gasteiger partial charge in [-0.05, 0) is 18.9 Å². The summed E-state index contributed by atoms with van der Waals surface area (Å²) in [6.07, 6.45) is 1.79. The van der Waals surface area contributed by atoms with Crippen molar-refractivity contribution in [3.05, 3.63) is 11.8 Å². The fraction of sp³-hybridized carbons (Fsp3) is 0.556. The van der Waals surface area contributed by atoms with Gasteiger partial charge in [0.1, 0.15) is 0 Å². The lowest BCUT2D eigenvalue weighted by Crippen LogP contribution is -2.19. The molecule has 0 spiro atoms. The molecule has 16 heavy (non-hydrogen) atoms. The van der Waals surface area contributed by atoms with Gasteiger partial charge in [-0.1, -0.05) is 0 Å². The molecule has 2 rings (SSSR count). The quantitative estimate of drug-likeness (QED) is 0.740. The maximum atomic E-state index is 11.6. The number of rotatable bonds is 2. The average Bonchev–Trinajstić information content (AvgIpc) is 2.52. The van der Waals surface area contributed by atoms with Gasteiger partial charge in [0.05, 0.1) is 22.4 Å². The summed E-state index contributed by atoms with van der Waals surface area (Å²) in [7, 11) is -2.95. The van der Waals surface area contributed by atoms with Crippen molar-refractivity contribution in [2.45, 2.75) is 24.5 Å². The highest BCUT2D eigenvalue weighted by atomic mass is 32.2. The Morgan fingerprint density at radius 2 is 2.12 bits per heavy atom. The SMILES string of the molecule is Nc1cc(CC2CCCS2(=O)=O)nnc1N. The molecule has 88 valence electrons. The van der Waals surface area contributed by atoms with Crippen LogP contribution in [0.15, 0.2) is 6.07 Å². The van der Waals surface area contributed by atoms with Crippen molar-refractivity contribution in [2.75, 3.05) is 17.2 Å². The van der Waals surface area contributed by atoms with E-state index in [2.05, 4.69) is 10.2 Å². The predicted molar refractivity (Wildman–Crippen MR) is 61.4 cm³/mol. The van der Waals surface area contributed by atoms with Gasteiger partial charge >= 0.3 is 0 Å². The first kappa shape index (κ1) is 11.1. The Hall–Kier alpha value is -1.37. The van der Waals surface area contributed by atoms with E-state index >= 15 is 0 Å². The molecule has 4 N–H and O–H groups in total. The molecule has 0 amide bonds. The first-order valence-electron chi connectivity index (χ1n) is 5.08. The zero-order valence-corrected chi connectivity index (χ0v) is 9.57. The lowest BCUT2D eigenvalue weighted by molar-refractivity contribution is 0.587. The Labute approximate surface area is 94.0 Å². The van der Waals surface area contributed by atoms with E-state index in [4.69, 9.17) is 11.5 Å². The molecule has 7 heteroatoms. The fourth-order valence-electron chi connectivity index (χ4n) is 1.88. The highest BCUT2D eigenvalue weighted by Crippen LogP contribution is 2.23. The molecule has 0 radical (unpaired) electrons. The van der Waals surface area contributed by atoms with E-state index in [1.807, 2.05) is 0 Å². The van der Waals surface area contributed by atoms with Crippen LogP contribution in [0.25, 0.3) is 0 Å². The summed E-state index contributed by atoms with van der Waals surface area (Å²) in [5, 5.41) is 7.18. The number of nitrogens with zero attached hydrogens (tertiary/aromatic N) is 2. The number of hydrogen-bond donors (Lipinski definition) is 2. The minimum Gasteiger partial charge on any atom is -0.396 e. The van der Waals surface area contributed by atoms with E-state index in [-0.39, 0.29) is 16.8 Å². The molecule has 1 unspecified atom stereocenters. The van der Waals surface area contributed by atoms with E-state index in [1.54, 1.807) is 6.07 Å². The summed E-state index contributed by atoms with van der Waals surface area (Å²) in [6.45, 7) is 0. The van der Waals surface area contributed by atoms with Crippen molar-refractivity contribution in [3.63, 3.8) is 0 Å². The van der Waals surface area contributed by atoms with E-state index < -0.39 is 9.84 Å². The van der Waals surface area contributed by atoms with Crippen molar-refractivity contribution < 1.29 is 8.42 Å². The van der Waals surface area contributed by atoms with Crippen LogP contribution in [0.3, 0.4) is 0 Å². The van der Waals surface area contributed by atoms with Crippen LogP contribution in [0.5, 0.6) is 0 Å². The minimum atomic E-state index is -2.95. The molecule has 2 heterocycles. The molecule has 1 fully saturated rings. The van der Waals surface area contributed by atoms with Crippen molar-refractivity contribution in [2.24, 2.45) is 0 Å². The molecule has 0 bridgehead atoms. The van der Waals surface area contributed by atoms with Crippen LogP contribution in [0.1, 0.15) is 18.5 Å². The van der Waals surface area contributed by atoms with Gasteiger partial charge < -0.3 is 11.5 Å². The standard InChI is InChI=1S/C9H14N4O2S/c10-8-5-6(12-13-9(8)11)4-7-2-1-3-16(7,14)15/h5,7H,1-4H2,(H2,10,12)(H2,11,13). The van der Waals surface area contributed by atoms with Gasteiger partial charge in [-0.25, -0.2) is 8.42 Å². The Morgan fingerprint density at radius 1 is 1.38 bits per heavy atom. The van der Waals surface area contributed by atoms with Crippen LogP contribution < -0.4 is 11.5 Å². The van der Waals surface area contributed by atoms with Gasteiger partial charge in [0.15, 0.2) is 15.7 Å². The van der Waals surface area contributed by atoms with Crippen LogP contribution >= 0.6 is 0 Å². The highest BCUT2D eigenvalue weighted by Gasteiger charge is 2.31. The Morgan fingerprint density at radius 3 is 2.69 bits per heavy atom. The molecule has 1 aliphatic heterocycles. The zero-order chi connectivity index (χ0) is 11.8. The first-order chi connectivity index (χ1) is 7.49. The molecule has 0 saturated carbocycles. The summed E-state index contributed by atoms with van der Waals surface area (Å²) in [5.41, 5.74) is 12.0. The molecule has 6 nitrogen and oxygen atoms in total. The number of sulfone groups is 1. The van der Waals surface area contributed by atoms with Crippen LogP contribution in [-0.4, -0.2) is 29.6 Å². The number of nitrogens with two attached hydrogens (primary N) is 2. The summed E-state index contributed by atoms with van der Waals surface area (Å²) in [6, 6.07) is 1.59. The molecular weight excluding hydrogens is 228 g/mol. The van der Waals surface area contributed by atoms with Crippen molar-refractivity contribution in [1.82, 2.24) is 10.2 Å². The topological polar surface area (TPSA) is 112 Å². The third-order valence-electron chi connectivity index (χ3n) is 2.80. The molecule has 1 saturated heterocycles. The third-order valence-corrected chi connectivity index (χ3v) is 5.08. The molecule has 0 aromatic carbocycles.